The summed E-state index contributed by atoms with van der Waals surface area (Å²) in [5.74, 6) is 0. The Balaban J connectivity index is 2.43. The molecule has 1 aromatic rings. The lowest BCUT2D eigenvalue weighted by Gasteiger charge is -2.16. The van der Waals surface area contributed by atoms with Crippen LogP contribution in [0.5, 0.6) is 0 Å². The first kappa shape index (κ1) is 11.9. The van der Waals surface area contributed by atoms with Crippen LogP contribution in [0.25, 0.3) is 0 Å². The summed E-state index contributed by atoms with van der Waals surface area (Å²) in [4.78, 5) is 0.207. The predicted molar refractivity (Wildman–Crippen MR) is 64.3 cm³/mol. The fourth-order valence-corrected chi connectivity index (χ4v) is 4.64. The van der Waals surface area contributed by atoms with E-state index in [9.17, 15) is 8.42 Å². The van der Waals surface area contributed by atoms with E-state index in [1.807, 2.05) is 0 Å². The van der Waals surface area contributed by atoms with E-state index in [0.29, 0.717) is 6.42 Å². The van der Waals surface area contributed by atoms with Gasteiger partial charge < -0.3 is 5.73 Å². The minimum Gasteiger partial charge on any atom is -0.327 e. The molecule has 16 heavy (non-hydrogen) atoms. The van der Waals surface area contributed by atoms with Gasteiger partial charge in [-0.2, -0.15) is 0 Å². The van der Waals surface area contributed by atoms with Crippen molar-refractivity contribution in [2.24, 2.45) is 5.73 Å². The van der Waals surface area contributed by atoms with Crippen molar-refractivity contribution in [1.82, 2.24) is 0 Å². The van der Waals surface area contributed by atoms with Crippen LogP contribution in [0.2, 0.25) is 5.02 Å². The Morgan fingerprint density at radius 2 is 1.94 bits per heavy atom. The summed E-state index contributed by atoms with van der Waals surface area (Å²) in [6.45, 7) is 0. The Hall–Kier alpha value is -0.580. The van der Waals surface area contributed by atoms with Gasteiger partial charge in [0.05, 0.1) is 15.2 Å². The van der Waals surface area contributed by atoms with Crippen molar-refractivity contribution in [1.29, 1.82) is 0 Å². The molecule has 0 heterocycles. The van der Waals surface area contributed by atoms with E-state index in [1.54, 1.807) is 24.3 Å². The van der Waals surface area contributed by atoms with Crippen molar-refractivity contribution in [2.45, 2.75) is 35.4 Å². The van der Waals surface area contributed by atoms with E-state index in [1.165, 1.54) is 0 Å². The summed E-state index contributed by atoms with van der Waals surface area (Å²) < 4.78 is 24.6. The fraction of sp³-hybridized carbons (Fsp3) is 0.455. The van der Waals surface area contributed by atoms with Crippen LogP contribution in [0.15, 0.2) is 29.2 Å². The zero-order chi connectivity index (χ0) is 11.8. The molecular weight excluding hydrogens is 246 g/mol. The third kappa shape index (κ3) is 1.97. The highest BCUT2D eigenvalue weighted by molar-refractivity contribution is 7.92. The van der Waals surface area contributed by atoms with Crippen LogP contribution >= 0.6 is 11.6 Å². The smallest absolute Gasteiger partial charge is 0.184 e. The van der Waals surface area contributed by atoms with Gasteiger partial charge in [0.2, 0.25) is 0 Å². The number of halogens is 1. The summed E-state index contributed by atoms with van der Waals surface area (Å²) in [6.07, 6.45) is 2.28. The van der Waals surface area contributed by atoms with E-state index >= 15 is 0 Å². The third-order valence-electron chi connectivity index (χ3n) is 3.05. The lowest BCUT2D eigenvalue weighted by Crippen LogP contribution is -2.35. The van der Waals surface area contributed by atoms with Gasteiger partial charge in [0.25, 0.3) is 0 Å². The quantitative estimate of drug-likeness (QED) is 0.884. The SMILES string of the molecule is NC1CCCC1S(=O)(=O)c1ccccc1Cl. The Bertz CT molecular complexity index is 487. The van der Waals surface area contributed by atoms with Gasteiger partial charge in [-0.05, 0) is 25.0 Å². The average molecular weight is 260 g/mol. The number of hydrogen-bond acceptors (Lipinski definition) is 3. The van der Waals surface area contributed by atoms with Crippen molar-refractivity contribution in [3.05, 3.63) is 29.3 Å². The second-order valence-corrected chi connectivity index (χ2v) is 6.65. The molecule has 1 aromatic carbocycles. The monoisotopic (exact) mass is 259 g/mol. The van der Waals surface area contributed by atoms with E-state index in [0.717, 1.165) is 12.8 Å². The molecule has 88 valence electrons. The highest BCUT2D eigenvalue weighted by Crippen LogP contribution is 2.32. The van der Waals surface area contributed by atoms with Gasteiger partial charge in [0, 0.05) is 6.04 Å². The highest BCUT2D eigenvalue weighted by atomic mass is 35.5. The first-order valence-corrected chi connectivity index (χ1v) is 7.20. The molecule has 2 N–H and O–H groups in total. The van der Waals surface area contributed by atoms with Gasteiger partial charge in [0.15, 0.2) is 9.84 Å². The van der Waals surface area contributed by atoms with Gasteiger partial charge in [-0.15, -0.1) is 0 Å². The maximum atomic E-state index is 12.3. The number of rotatable bonds is 2. The number of nitrogens with two attached hydrogens (primary N) is 1. The van der Waals surface area contributed by atoms with Gasteiger partial charge in [-0.3, -0.25) is 0 Å². The minimum atomic E-state index is -3.38. The van der Waals surface area contributed by atoms with E-state index in [2.05, 4.69) is 0 Å². The molecule has 3 nitrogen and oxygen atoms in total. The predicted octanol–water partition coefficient (Wildman–Crippen LogP) is 1.99. The molecule has 1 aliphatic carbocycles. The van der Waals surface area contributed by atoms with Crippen LogP contribution in [0, 0.1) is 0 Å². The van der Waals surface area contributed by atoms with Crippen molar-refractivity contribution in [3.8, 4) is 0 Å². The Morgan fingerprint density at radius 3 is 2.50 bits per heavy atom. The van der Waals surface area contributed by atoms with Crippen LogP contribution in [-0.2, 0) is 9.84 Å². The van der Waals surface area contributed by atoms with Crippen molar-refractivity contribution >= 4 is 21.4 Å². The Kier molecular flexibility index (Phi) is 3.24. The molecule has 0 aromatic heterocycles. The van der Waals surface area contributed by atoms with Crippen molar-refractivity contribution in [2.75, 3.05) is 0 Å². The van der Waals surface area contributed by atoms with Crippen molar-refractivity contribution in [3.63, 3.8) is 0 Å². The molecule has 2 unspecified atom stereocenters. The molecule has 1 saturated carbocycles. The zero-order valence-corrected chi connectivity index (χ0v) is 10.3. The summed E-state index contributed by atoms with van der Waals surface area (Å²) in [6, 6.07) is 6.27. The van der Waals surface area contributed by atoms with Crippen molar-refractivity contribution < 1.29 is 8.42 Å². The lowest BCUT2D eigenvalue weighted by molar-refractivity contribution is 0.568. The molecule has 1 aliphatic rings. The van der Waals surface area contributed by atoms with Crippen LogP contribution < -0.4 is 5.73 Å². The molecule has 2 rings (SSSR count). The second-order valence-electron chi connectivity index (χ2n) is 4.11. The second kappa shape index (κ2) is 4.35. The Morgan fingerprint density at radius 1 is 1.25 bits per heavy atom. The van der Waals surface area contributed by atoms with Crippen LogP contribution in [0.3, 0.4) is 0 Å². The molecule has 0 spiro atoms. The van der Waals surface area contributed by atoms with Gasteiger partial charge >= 0.3 is 0 Å². The first-order valence-electron chi connectivity index (χ1n) is 5.27. The summed E-state index contributed by atoms with van der Waals surface area (Å²) in [5, 5.41) is -0.200. The first-order chi connectivity index (χ1) is 7.53. The summed E-state index contributed by atoms with van der Waals surface area (Å²) >= 11 is 5.91. The fourth-order valence-electron chi connectivity index (χ4n) is 2.18. The molecule has 0 bridgehead atoms. The maximum Gasteiger partial charge on any atom is 0.184 e. The summed E-state index contributed by atoms with van der Waals surface area (Å²) in [7, 11) is -3.38. The largest absolute Gasteiger partial charge is 0.327 e. The molecule has 5 heteroatoms. The minimum absolute atomic E-state index is 0.207. The third-order valence-corrected chi connectivity index (χ3v) is 5.84. The molecule has 0 amide bonds. The maximum absolute atomic E-state index is 12.3. The molecule has 0 radical (unpaired) electrons. The van der Waals surface area contributed by atoms with Crippen LogP contribution in [0.1, 0.15) is 19.3 Å². The average Bonchev–Trinajstić information content (AvgIpc) is 2.65. The standard InChI is InChI=1S/C11H14ClNO2S/c12-8-4-1-2-6-10(8)16(14,15)11-7-3-5-9(11)13/h1-2,4,6,9,11H,3,5,7,13H2. The van der Waals surface area contributed by atoms with E-state index in [-0.39, 0.29) is 16.0 Å². The molecular formula is C11H14ClNO2S. The van der Waals surface area contributed by atoms with Gasteiger partial charge in [0.1, 0.15) is 0 Å². The summed E-state index contributed by atoms with van der Waals surface area (Å²) in [5.41, 5.74) is 5.83. The van der Waals surface area contributed by atoms with E-state index < -0.39 is 15.1 Å². The number of hydrogen-bond donors (Lipinski definition) is 1. The van der Waals surface area contributed by atoms with Crippen LogP contribution in [0.4, 0.5) is 0 Å². The molecule has 1 fully saturated rings. The molecule has 0 saturated heterocycles. The Labute approximate surface area is 101 Å². The van der Waals surface area contributed by atoms with E-state index in [4.69, 9.17) is 17.3 Å². The topological polar surface area (TPSA) is 60.2 Å². The number of sulfone groups is 1. The zero-order valence-electron chi connectivity index (χ0n) is 8.77. The van der Waals surface area contributed by atoms with Crippen LogP contribution in [-0.4, -0.2) is 19.7 Å². The van der Waals surface area contributed by atoms with Gasteiger partial charge in [-0.1, -0.05) is 30.2 Å². The highest BCUT2D eigenvalue weighted by Gasteiger charge is 2.37. The number of benzene rings is 1. The lowest BCUT2D eigenvalue weighted by atomic mass is 10.3. The molecule has 2 atom stereocenters. The normalized spacial score (nSPS) is 25.9. The van der Waals surface area contributed by atoms with Gasteiger partial charge in [-0.25, -0.2) is 8.42 Å². The molecule has 0 aliphatic heterocycles.